The van der Waals surface area contributed by atoms with Crippen molar-refractivity contribution < 1.29 is 17.9 Å². The summed E-state index contributed by atoms with van der Waals surface area (Å²) in [5.41, 5.74) is 1.41. The van der Waals surface area contributed by atoms with E-state index in [0.29, 0.717) is 22.8 Å². The molecule has 3 rings (SSSR count). The number of halogens is 5. The summed E-state index contributed by atoms with van der Waals surface area (Å²) in [6, 6.07) is 3.31. The van der Waals surface area contributed by atoms with Crippen LogP contribution in [0.5, 0.6) is 5.88 Å². The first-order valence-corrected chi connectivity index (χ1v) is 7.89. The maximum absolute atomic E-state index is 12.1. The van der Waals surface area contributed by atoms with Crippen LogP contribution >= 0.6 is 23.2 Å². The molecule has 132 valence electrons. The zero-order valence-electron chi connectivity index (χ0n) is 12.6. The van der Waals surface area contributed by atoms with Crippen LogP contribution in [-0.2, 0) is 6.54 Å². The van der Waals surface area contributed by atoms with Gasteiger partial charge in [0.2, 0.25) is 5.88 Å². The van der Waals surface area contributed by atoms with E-state index < -0.39 is 19.2 Å². The normalized spacial score (nSPS) is 11.9. The lowest BCUT2D eigenvalue weighted by molar-refractivity contribution is -0.139. The Balaban J connectivity index is 1.70. The number of ether oxygens (including phenoxy) is 1. The fourth-order valence-electron chi connectivity index (χ4n) is 2.15. The predicted molar refractivity (Wildman–Crippen MR) is 87.1 cm³/mol. The van der Waals surface area contributed by atoms with E-state index >= 15 is 0 Å². The number of rotatable bonds is 5. The van der Waals surface area contributed by atoms with Crippen LogP contribution in [0.15, 0.2) is 30.7 Å². The second-order valence-corrected chi connectivity index (χ2v) is 5.97. The molecule has 5 nitrogen and oxygen atoms in total. The second-order valence-electron chi connectivity index (χ2n) is 5.21. The lowest BCUT2D eigenvalue weighted by atomic mass is 10.3. The molecule has 25 heavy (non-hydrogen) atoms. The summed E-state index contributed by atoms with van der Waals surface area (Å²) in [4.78, 5) is 7.95. The van der Waals surface area contributed by atoms with Gasteiger partial charge in [-0.15, -0.1) is 0 Å². The van der Waals surface area contributed by atoms with Gasteiger partial charge in [0, 0.05) is 18.6 Å². The van der Waals surface area contributed by atoms with Crippen LogP contribution in [0.4, 0.5) is 13.2 Å². The maximum atomic E-state index is 12.1. The van der Waals surface area contributed by atoms with Crippen LogP contribution < -0.4 is 4.74 Å². The van der Waals surface area contributed by atoms with Gasteiger partial charge < -0.3 is 4.74 Å². The molecule has 3 aromatic heterocycles. The molecule has 0 unspecified atom stereocenters. The molecule has 0 fully saturated rings. The highest BCUT2D eigenvalue weighted by molar-refractivity contribution is 6.34. The van der Waals surface area contributed by atoms with Crippen molar-refractivity contribution in [2.75, 3.05) is 6.61 Å². The minimum atomic E-state index is -4.29. The summed E-state index contributed by atoms with van der Waals surface area (Å²) in [5.74, 6) is -0.0347. The Kier molecular flexibility index (Phi) is 5.01. The first-order valence-electron chi connectivity index (χ1n) is 7.13. The Labute approximate surface area is 150 Å². The number of alkyl halides is 3. The Morgan fingerprint density at radius 2 is 2.00 bits per heavy atom. The predicted octanol–water partition coefficient (Wildman–Crippen LogP) is 4.51. The molecule has 0 atom stereocenters. The Morgan fingerprint density at radius 3 is 2.68 bits per heavy atom. The van der Waals surface area contributed by atoms with E-state index in [2.05, 4.69) is 15.1 Å². The molecular formula is C15H11Cl2F3N4O. The SMILES string of the molecule is FC(F)(F)CCOc1ncc(Cn2cc3c(Cl)nccc3n2)cc1Cl. The van der Waals surface area contributed by atoms with Crippen molar-refractivity contribution in [3.05, 3.63) is 46.5 Å². The molecule has 0 aliphatic heterocycles. The van der Waals surface area contributed by atoms with E-state index in [9.17, 15) is 13.2 Å². The van der Waals surface area contributed by atoms with Crippen LogP contribution in [0.1, 0.15) is 12.0 Å². The molecule has 0 spiro atoms. The molecule has 0 saturated heterocycles. The number of hydrogen-bond acceptors (Lipinski definition) is 4. The van der Waals surface area contributed by atoms with Gasteiger partial charge in [0.15, 0.2) is 0 Å². The summed E-state index contributed by atoms with van der Waals surface area (Å²) in [6.45, 7) is -0.174. The van der Waals surface area contributed by atoms with Gasteiger partial charge in [0.25, 0.3) is 0 Å². The highest BCUT2D eigenvalue weighted by atomic mass is 35.5. The maximum Gasteiger partial charge on any atom is 0.392 e. The second kappa shape index (κ2) is 7.05. The zero-order chi connectivity index (χ0) is 18.0. The zero-order valence-corrected chi connectivity index (χ0v) is 14.1. The van der Waals surface area contributed by atoms with Crippen LogP contribution in [0.2, 0.25) is 10.2 Å². The minimum Gasteiger partial charge on any atom is -0.476 e. The monoisotopic (exact) mass is 390 g/mol. The van der Waals surface area contributed by atoms with E-state index in [1.165, 1.54) is 6.20 Å². The van der Waals surface area contributed by atoms with Crippen molar-refractivity contribution in [1.82, 2.24) is 19.7 Å². The highest BCUT2D eigenvalue weighted by Crippen LogP contribution is 2.25. The van der Waals surface area contributed by atoms with Gasteiger partial charge in [0.05, 0.1) is 30.5 Å². The number of nitrogens with zero attached hydrogens (tertiary/aromatic N) is 4. The molecule has 0 bridgehead atoms. The third kappa shape index (κ3) is 4.52. The Bertz CT molecular complexity index is 898. The third-order valence-electron chi connectivity index (χ3n) is 3.27. The number of pyridine rings is 2. The molecule has 10 heteroatoms. The number of fused-ring (bicyclic) bond motifs is 1. The number of aromatic nitrogens is 4. The number of hydrogen-bond donors (Lipinski definition) is 0. The quantitative estimate of drug-likeness (QED) is 0.601. The van der Waals surface area contributed by atoms with Crippen LogP contribution in [0, 0.1) is 0 Å². The third-order valence-corrected chi connectivity index (χ3v) is 3.84. The minimum absolute atomic E-state index is 0.0347. The Morgan fingerprint density at radius 1 is 1.20 bits per heavy atom. The van der Waals surface area contributed by atoms with Crippen molar-refractivity contribution in [1.29, 1.82) is 0 Å². The smallest absolute Gasteiger partial charge is 0.392 e. The largest absolute Gasteiger partial charge is 0.476 e. The molecule has 0 amide bonds. The fraction of sp³-hybridized carbons (Fsp3) is 0.267. The van der Waals surface area contributed by atoms with Gasteiger partial charge in [-0.3, -0.25) is 4.68 Å². The van der Waals surface area contributed by atoms with Gasteiger partial charge in [-0.25, -0.2) is 9.97 Å². The van der Waals surface area contributed by atoms with Crippen LogP contribution in [0.25, 0.3) is 10.9 Å². The van der Waals surface area contributed by atoms with Crippen molar-refractivity contribution in [2.45, 2.75) is 19.1 Å². The molecular weight excluding hydrogens is 380 g/mol. The summed E-state index contributed by atoms with van der Waals surface area (Å²) in [7, 11) is 0. The van der Waals surface area contributed by atoms with Gasteiger partial charge in [-0.1, -0.05) is 23.2 Å². The lowest BCUT2D eigenvalue weighted by Crippen LogP contribution is -2.13. The fourth-order valence-corrected chi connectivity index (χ4v) is 2.60. The standard InChI is InChI=1S/C15H11Cl2F3N4O/c16-11-5-9(6-22-14(11)25-4-2-15(18,19)20)7-24-8-10-12(23-24)1-3-21-13(10)17/h1,3,5-6,8H,2,4,7H2. The first kappa shape index (κ1) is 17.8. The van der Waals surface area contributed by atoms with E-state index in [1.807, 2.05) is 0 Å². The van der Waals surface area contributed by atoms with E-state index in [0.717, 1.165) is 5.39 Å². The van der Waals surface area contributed by atoms with E-state index in [1.54, 1.807) is 29.2 Å². The molecule has 0 N–H and O–H groups in total. The molecule has 0 radical (unpaired) electrons. The molecule has 0 saturated carbocycles. The van der Waals surface area contributed by atoms with E-state index in [4.69, 9.17) is 27.9 Å². The topological polar surface area (TPSA) is 52.8 Å². The first-order chi connectivity index (χ1) is 11.8. The van der Waals surface area contributed by atoms with Crippen molar-refractivity contribution in [3.63, 3.8) is 0 Å². The highest BCUT2D eigenvalue weighted by Gasteiger charge is 2.27. The van der Waals surface area contributed by atoms with Gasteiger partial charge in [-0.2, -0.15) is 18.3 Å². The van der Waals surface area contributed by atoms with Crippen molar-refractivity contribution >= 4 is 34.1 Å². The lowest BCUT2D eigenvalue weighted by Gasteiger charge is -2.10. The molecule has 0 aliphatic carbocycles. The average molecular weight is 391 g/mol. The average Bonchev–Trinajstić information content (AvgIpc) is 2.92. The van der Waals surface area contributed by atoms with Gasteiger partial charge in [-0.05, 0) is 17.7 Å². The molecule has 3 heterocycles. The summed E-state index contributed by atoms with van der Waals surface area (Å²) < 4.78 is 43.0. The molecule has 0 aromatic carbocycles. The van der Waals surface area contributed by atoms with Crippen LogP contribution in [-0.4, -0.2) is 32.5 Å². The summed E-state index contributed by atoms with van der Waals surface area (Å²) in [6.07, 6.45) is -0.576. The van der Waals surface area contributed by atoms with Gasteiger partial charge >= 0.3 is 6.18 Å². The summed E-state index contributed by atoms with van der Waals surface area (Å²) >= 11 is 12.0. The van der Waals surface area contributed by atoms with Gasteiger partial charge in [0.1, 0.15) is 10.2 Å². The molecule has 3 aromatic rings. The van der Waals surface area contributed by atoms with Crippen molar-refractivity contribution in [2.24, 2.45) is 0 Å². The Hall–Kier alpha value is -2.06. The van der Waals surface area contributed by atoms with Crippen LogP contribution in [0.3, 0.4) is 0 Å². The molecule has 0 aliphatic rings. The van der Waals surface area contributed by atoms with Crippen molar-refractivity contribution in [3.8, 4) is 5.88 Å². The summed E-state index contributed by atoms with van der Waals surface area (Å²) in [5, 5.41) is 5.57. The van der Waals surface area contributed by atoms with E-state index in [-0.39, 0.29) is 10.9 Å².